The molecule has 0 heterocycles. The molecule has 1 aromatic carbocycles. The van der Waals surface area contributed by atoms with Gasteiger partial charge in [-0.2, -0.15) is 5.26 Å². The third-order valence-corrected chi connectivity index (χ3v) is 1.69. The number of hydrogen-bond donors (Lipinski definition) is 1. The monoisotopic (exact) mass is 206 g/mol. The van der Waals surface area contributed by atoms with Crippen molar-refractivity contribution >= 4 is 6.21 Å². The largest absolute Gasteiger partial charge is 0.493 e. The average molecular weight is 206 g/mol. The zero-order chi connectivity index (χ0) is 11.1. The first kappa shape index (κ1) is 10.9. The Kier molecular flexibility index (Phi) is 3.98. The van der Waals surface area contributed by atoms with Crippen LogP contribution in [0.3, 0.4) is 0 Å². The minimum absolute atomic E-state index is 0.0379. The van der Waals surface area contributed by atoms with Crippen LogP contribution in [0.5, 0.6) is 11.5 Å². The van der Waals surface area contributed by atoms with E-state index in [-0.39, 0.29) is 6.61 Å². The number of ether oxygens (including phenoxy) is 2. The molecule has 78 valence electrons. The number of oxime groups is 1. The maximum Gasteiger partial charge on any atom is 0.174 e. The number of hydrogen-bond acceptors (Lipinski definition) is 5. The summed E-state index contributed by atoms with van der Waals surface area (Å²) in [6.45, 7) is -0.0379. The molecule has 0 aliphatic rings. The minimum Gasteiger partial charge on any atom is -0.493 e. The Labute approximate surface area is 87.2 Å². The summed E-state index contributed by atoms with van der Waals surface area (Å²) >= 11 is 0. The van der Waals surface area contributed by atoms with Gasteiger partial charge in [-0.1, -0.05) is 5.16 Å². The van der Waals surface area contributed by atoms with Crippen LogP contribution in [-0.2, 0) is 0 Å². The Morgan fingerprint density at radius 3 is 2.93 bits per heavy atom. The highest BCUT2D eigenvalue weighted by atomic mass is 16.5. The van der Waals surface area contributed by atoms with Gasteiger partial charge in [0.2, 0.25) is 0 Å². The van der Waals surface area contributed by atoms with Crippen molar-refractivity contribution in [2.75, 3.05) is 13.7 Å². The summed E-state index contributed by atoms with van der Waals surface area (Å²) in [5.74, 6) is 0.969. The van der Waals surface area contributed by atoms with E-state index < -0.39 is 0 Å². The second-order valence-electron chi connectivity index (χ2n) is 2.60. The van der Waals surface area contributed by atoms with Gasteiger partial charge >= 0.3 is 0 Å². The molecule has 0 unspecified atom stereocenters. The van der Waals surface area contributed by atoms with Gasteiger partial charge in [0.05, 0.1) is 13.3 Å². The van der Waals surface area contributed by atoms with Crippen molar-refractivity contribution in [2.24, 2.45) is 5.16 Å². The predicted molar refractivity (Wildman–Crippen MR) is 53.5 cm³/mol. The van der Waals surface area contributed by atoms with Crippen LogP contribution >= 0.6 is 0 Å². The molecule has 0 amide bonds. The predicted octanol–water partition coefficient (Wildman–Crippen LogP) is 1.41. The minimum atomic E-state index is -0.0379. The Morgan fingerprint density at radius 1 is 1.53 bits per heavy atom. The number of rotatable bonds is 4. The lowest BCUT2D eigenvalue weighted by molar-refractivity contribution is 0.321. The van der Waals surface area contributed by atoms with Gasteiger partial charge in [0, 0.05) is 5.56 Å². The Bertz CT molecular complexity index is 396. The maximum absolute atomic E-state index is 8.36. The van der Waals surface area contributed by atoms with E-state index in [0.29, 0.717) is 17.1 Å². The lowest BCUT2D eigenvalue weighted by Crippen LogP contribution is -1.97. The highest BCUT2D eigenvalue weighted by Crippen LogP contribution is 2.27. The van der Waals surface area contributed by atoms with Gasteiger partial charge in [-0.05, 0) is 18.2 Å². The van der Waals surface area contributed by atoms with E-state index in [9.17, 15) is 0 Å². The summed E-state index contributed by atoms with van der Waals surface area (Å²) in [6.07, 6.45) is 1.27. The van der Waals surface area contributed by atoms with Crippen molar-refractivity contribution in [3.05, 3.63) is 23.8 Å². The Morgan fingerprint density at radius 2 is 2.33 bits per heavy atom. The van der Waals surface area contributed by atoms with E-state index in [4.69, 9.17) is 19.9 Å². The van der Waals surface area contributed by atoms with Gasteiger partial charge in [0.25, 0.3) is 0 Å². The number of methoxy groups -OCH3 is 1. The lowest BCUT2D eigenvalue weighted by Gasteiger charge is -2.08. The molecule has 1 N–H and O–H groups in total. The molecule has 0 aliphatic heterocycles. The second-order valence-corrected chi connectivity index (χ2v) is 2.60. The van der Waals surface area contributed by atoms with E-state index in [1.54, 1.807) is 18.2 Å². The van der Waals surface area contributed by atoms with Crippen molar-refractivity contribution < 1.29 is 14.7 Å². The van der Waals surface area contributed by atoms with Gasteiger partial charge in [-0.15, -0.1) is 0 Å². The highest BCUT2D eigenvalue weighted by molar-refractivity contribution is 5.80. The van der Waals surface area contributed by atoms with Gasteiger partial charge in [0.1, 0.15) is 6.07 Å². The maximum atomic E-state index is 8.36. The molecule has 1 rings (SSSR count). The topological polar surface area (TPSA) is 74.8 Å². The fraction of sp³-hybridized carbons (Fsp3) is 0.200. The fourth-order valence-electron chi connectivity index (χ4n) is 1.06. The van der Waals surface area contributed by atoms with Crippen molar-refractivity contribution in [3.63, 3.8) is 0 Å². The van der Waals surface area contributed by atoms with Gasteiger partial charge < -0.3 is 14.7 Å². The molecule has 0 aliphatic carbocycles. The molecule has 0 atom stereocenters. The van der Waals surface area contributed by atoms with Gasteiger partial charge in [0.15, 0.2) is 18.1 Å². The molecule has 0 saturated carbocycles. The summed E-state index contributed by atoms with van der Waals surface area (Å²) in [4.78, 5) is 0. The Hall–Kier alpha value is -2.22. The molecular weight excluding hydrogens is 196 g/mol. The van der Waals surface area contributed by atoms with Crippen molar-refractivity contribution in [3.8, 4) is 17.6 Å². The Balaban J connectivity index is 2.94. The van der Waals surface area contributed by atoms with E-state index in [2.05, 4.69) is 5.16 Å². The van der Waals surface area contributed by atoms with Crippen LogP contribution in [0.4, 0.5) is 0 Å². The molecule has 1 aromatic rings. The summed E-state index contributed by atoms with van der Waals surface area (Å²) in [7, 11) is 1.49. The molecule has 0 fully saturated rings. The summed E-state index contributed by atoms with van der Waals surface area (Å²) < 4.78 is 10.2. The van der Waals surface area contributed by atoms with E-state index in [0.717, 1.165) is 0 Å². The van der Waals surface area contributed by atoms with Gasteiger partial charge in [-0.3, -0.25) is 0 Å². The van der Waals surface area contributed by atoms with Crippen molar-refractivity contribution in [1.29, 1.82) is 5.26 Å². The standard InChI is InChI=1S/C10H10N2O3/c1-14-10-6-8(7-12-13)2-3-9(10)15-5-4-11/h2-3,6-7,13H,5H2,1H3/b12-7-. The van der Waals surface area contributed by atoms with Crippen LogP contribution in [0.1, 0.15) is 5.56 Å². The van der Waals surface area contributed by atoms with Crippen molar-refractivity contribution in [1.82, 2.24) is 0 Å². The fourth-order valence-corrected chi connectivity index (χ4v) is 1.06. The summed E-state index contributed by atoms with van der Waals surface area (Å²) in [5.41, 5.74) is 0.679. The first-order valence-corrected chi connectivity index (χ1v) is 4.17. The van der Waals surface area contributed by atoms with E-state index in [1.165, 1.54) is 13.3 Å². The third kappa shape index (κ3) is 2.88. The zero-order valence-electron chi connectivity index (χ0n) is 8.17. The first-order chi connectivity index (χ1) is 7.31. The molecule has 0 saturated heterocycles. The molecule has 5 heteroatoms. The van der Waals surface area contributed by atoms with E-state index >= 15 is 0 Å². The SMILES string of the molecule is COc1cc(/C=N\O)ccc1OCC#N. The molecule has 0 bridgehead atoms. The van der Waals surface area contributed by atoms with Crippen molar-refractivity contribution in [2.45, 2.75) is 0 Å². The van der Waals surface area contributed by atoms with Crippen LogP contribution in [0.2, 0.25) is 0 Å². The molecular formula is C10H10N2O3. The molecule has 15 heavy (non-hydrogen) atoms. The van der Waals surface area contributed by atoms with Crippen LogP contribution in [0.15, 0.2) is 23.4 Å². The lowest BCUT2D eigenvalue weighted by atomic mass is 10.2. The van der Waals surface area contributed by atoms with Crippen LogP contribution in [-0.4, -0.2) is 25.1 Å². The summed E-state index contributed by atoms with van der Waals surface area (Å²) in [6, 6.07) is 6.84. The normalized spacial score (nSPS) is 9.87. The highest BCUT2D eigenvalue weighted by Gasteiger charge is 2.04. The number of benzene rings is 1. The number of nitriles is 1. The van der Waals surface area contributed by atoms with E-state index in [1.807, 2.05) is 6.07 Å². The molecule has 5 nitrogen and oxygen atoms in total. The quantitative estimate of drug-likeness (QED) is 0.459. The second kappa shape index (κ2) is 5.50. The van der Waals surface area contributed by atoms with Crippen LogP contribution < -0.4 is 9.47 Å². The number of nitrogens with zero attached hydrogens (tertiary/aromatic N) is 2. The van der Waals surface area contributed by atoms with Crippen LogP contribution in [0, 0.1) is 11.3 Å². The first-order valence-electron chi connectivity index (χ1n) is 4.17. The smallest absolute Gasteiger partial charge is 0.174 e. The third-order valence-electron chi connectivity index (χ3n) is 1.69. The van der Waals surface area contributed by atoms with Crippen LogP contribution in [0.25, 0.3) is 0 Å². The molecule has 0 radical (unpaired) electrons. The molecule has 0 aromatic heterocycles. The van der Waals surface area contributed by atoms with Gasteiger partial charge in [-0.25, -0.2) is 0 Å². The summed E-state index contributed by atoms with van der Waals surface area (Å²) in [5, 5.41) is 19.6. The average Bonchev–Trinajstić information content (AvgIpc) is 2.27. The molecule has 0 spiro atoms. The zero-order valence-corrected chi connectivity index (χ0v) is 8.17.